The first-order valence-corrected chi connectivity index (χ1v) is 10.8. The predicted molar refractivity (Wildman–Crippen MR) is 118 cm³/mol. The SMILES string of the molecule is CC(Sc1ncc(-c2ccccc2)n1CC(F)(F)F)C(=O)N(CCC#N)c1ccccc1. The molecule has 32 heavy (non-hydrogen) atoms. The highest BCUT2D eigenvalue weighted by Gasteiger charge is 2.32. The molecule has 0 aliphatic rings. The highest BCUT2D eigenvalue weighted by molar-refractivity contribution is 8.00. The summed E-state index contributed by atoms with van der Waals surface area (Å²) in [4.78, 5) is 18.8. The van der Waals surface area contributed by atoms with Crippen LogP contribution in [0, 0.1) is 11.3 Å². The summed E-state index contributed by atoms with van der Waals surface area (Å²) in [5.41, 5.74) is 1.56. The molecule has 0 saturated carbocycles. The van der Waals surface area contributed by atoms with Crippen LogP contribution in [0.15, 0.2) is 72.0 Å². The quantitative estimate of drug-likeness (QED) is 0.416. The van der Waals surface area contributed by atoms with E-state index in [9.17, 15) is 18.0 Å². The minimum absolute atomic E-state index is 0.107. The van der Waals surface area contributed by atoms with Gasteiger partial charge in [-0.25, -0.2) is 4.98 Å². The standard InChI is InChI=1S/C23H21F3N4OS/c1-17(21(31)29(14-8-13-27)19-11-6-3-7-12-19)32-22-28-15-20(18-9-4-2-5-10-18)30(22)16-23(24,25)26/h2-7,9-12,15,17H,8,14,16H2,1H3. The third kappa shape index (κ3) is 5.92. The lowest BCUT2D eigenvalue weighted by atomic mass is 10.2. The van der Waals surface area contributed by atoms with Gasteiger partial charge in [0.1, 0.15) is 6.54 Å². The van der Waals surface area contributed by atoms with Crippen LogP contribution in [-0.2, 0) is 11.3 Å². The van der Waals surface area contributed by atoms with Gasteiger partial charge in [-0.3, -0.25) is 4.79 Å². The average molecular weight is 459 g/mol. The van der Waals surface area contributed by atoms with Crippen LogP contribution in [0.3, 0.4) is 0 Å². The van der Waals surface area contributed by atoms with E-state index in [2.05, 4.69) is 4.98 Å². The Balaban J connectivity index is 1.89. The van der Waals surface area contributed by atoms with Crippen molar-refractivity contribution < 1.29 is 18.0 Å². The maximum Gasteiger partial charge on any atom is 0.406 e. The third-order valence-corrected chi connectivity index (χ3v) is 5.73. The maximum atomic E-state index is 13.3. The van der Waals surface area contributed by atoms with Crippen molar-refractivity contribution in [2.24, 2.45) is 0 Å². The highest BCUT2D eigenvalue weighted by Crippen LogP contribution is 2.32. The summed E-state index contributed by atoms with van der Waals surface area (Å²) in [6.07, 6.45) is -2.92. The zero-order chi connectivity index (χ0) is 23.1. The first-order chi connectivity index (χ1) is 15.3. The van der Waals surface area contributed by atoms with E-state index < -0.39 is 18.0 Å². The lowest BCUT2D eigenvalue weighted by Crippen LogP contribution is -2.37. The Morgan fingerprint density at radius 3 is 2.38 bits per heavy atom. The van der Waals surface area contributed by atoms with Crippen LogP contribution in [0.4, 0.5) is 18.9 Å². The van der Waals surface area contributed by atoms with E-state index in [0.29, 0.717) is 16.9 Å². The van der Waals surface area contributed by atoms with Gasteiger partial charge in [-0.1, -0.05) is 60.3 Å². The van der Waals surface area contributed by atoms with Crippen LogP contribution in [0.25, 0.3) is 11.3 Å². The van der Waals surface area contributed by atoms with Crippen molar-refractivity contribution in [3.8, 4) is 17.3 Å². The first-order valence-electron chi connectivity index (χ1n) is 9.88. The highest BCUT2D eigenvalue weighted by atomic mass is 32.2. The first kappa shape index (κ1) is 23.4. The number of amides is 1. The molecule has 9 heteroatoms. The van der Waals surface area contributed by atoms with Gasteiger partial charge in [0.15, 0.2) is 5.16 Å². The van der Waals surface area contributed by atoms with Gasteiger partial charge < -0.3 is 9.47 Å². The van der Waals surface area contributed by atoms with E-state index in [-0.39, 0.29) is 24.0 Å². The maximum absolute atomic E-state index is 13.3. The number of aromatic nitrogens is 2. The molecule has 166 valence electrons. The normalized spacial score (nSPS) is 12.2. The molecule has 3 aromatic rings. The average Bonchev–Trinajstić information content (AvgIpc) is 3.15. The van der Waals surface area contributed by atoms with Gasteiger partial charge >= 0.3 is 6.18 Å². The van der Waals surface area contributed by atoms with E-state index >= 15 is 0 Å². The molecule has 0 radical (unpaired) electrons. The molecule has 0 N–H and O–H groups in total. The van der Waals surface area contributed by atoms with Gasteiger partial charge in [-0.15, -0.1) is 0 Å². The van der Waals surface area contributed by atoms with E-state index in [1.807, 2.05) is 12.1 Å². The van der Waals surface area contributed by atoms with Crippen LogP contribution in [-0.4, -0.2) is 33.4 Å². The molecule has 0 saturated heterocycles. The topological polar surface area (TPSA) is 61.9 Å². The predicted octanol–water partition coefficient (Wildman–Crippen LogP) is 5.54. The molecule has 0 aliphatic carbocycles. The summed E-state index contributed by atoms with van der Waals surface area (Å²) in [6.45, 7) is 0.609. The molecule has 3 rings (SSSR count). The summed E-state index contributed by atoms with van der Waals surface area (Å²) >= 11 is 0.969. The fraction of sp³-hybridized carbons (Fsp3) is 0.261. The van der Waals surface area contributed by atoms with E-state index in [1.54, 1.807) is 61.5 Å². The molecular weight excluding hydrogens is 437 g/mol. The summed E-state index contributed by atoms with van der Waals surface area (Å²) < 4.78 is 41.0. The van der Waals surface area contributed by atoms with Crippen molar-refractivity contribution in [3.05, 3.63) is 66.9 Å². The van der Waals surface area contributed by atoms with Crippen molar-refractivity contribution in [2.45, 2.75) is 36.5 Å². The van der Waals surface area contributed by atoms with Crippen LogP contribution in [0.5, 0.6) is 0 Å². The van der Waals surface area contributed by atoms with Gasteiger partial charge in [-0.05, 0) is 24.6 Å². The lowest BCUT2D eigenvalue weighted by molar-refractivity contribution is -0.141. The number of nitrogens with zero attached hydrogens (tertiary/aromatic N) is 4. The number of benzene rings is 2. The molecule has 1 unspecified atom stereocenters. The van der Waals surface area contributed by atoms with Gasteiger partial charge in [-0.2, -0.15) is 18.4 Å². The van der Waals surface area contributed by atoms with Gasteiger partial charge in [0.2, 0.25) is 5.91 Å². The van der Waals surface area contributed by atoms with E-state index in [0.717, 1.165) is 16.3 Å². The molecule has 0 bridgehead atoms. The number of thioether (sulfide) groups is 1. The Hall–Kier alpha value is -3.25. The summed E-state index contributed by atoms with van der Waals surface area (Å²) in [6, 6.07) is 19.6. The molecule has 1 atom stereocenters. The van der Waals surface area contributed by atoms with Gasteiger partial charge in [0, 0.05) is 12.2 Å². The Morgan fingerprint density at radius 2 is 1.78 bits per heavy atom. The second kappa shape index (κ2) is 10.4. The molecule has 1 heterocycles. The van der Waals surface area contributed by atoms with Gasteiger partial charge in [0.05, 0.1) is 29.6 Å². The number of hydrogen-bond donors (Lipinski definition) is 0. The lowest BCUT2D eigenvalue weighted by Gasteiger charge is -2.25. The number of carbonyl (C=O) groups excluding carboxylic acids is 1. The fourth-order valence-corrected chi connectivity index (χ4v) is 4.14. The fourth-order valence-electron chi connectivity index (χ4n) is 3.19. The molecule has 2 aromatic carbocycles. The minimum atomic E-state index is -4.45. The number of alkyl halides is 3. The number of hydrogen-bond acceptors (Lipinski definition) is 4. The number of anilines is 1. The van der Waals surface area contributed by atoms with Crippen LogP contribution in [0.1, 0.15) is 13.3 Å². The van der Waals surface area contributed by atoms with Crippen molar-refractivity contribution in [1.82, 2.24) is 9.55 Å². The minimum Gasteiger partial charge on any atom is -0.310 e. The summed E-state index contributed by atoms with van der Waals surface area (Å²) in [7, 11) is 0. The van der Waals surface area contributed by atoms with Crippen molar-refractivity contribution in [3.63, 3.8) is 0 Å². The number of rotatable bonds is 8. The van der Waals surface area contributed by atoms with Crippen LogP contribution < -0.4 is 4.90 Å². The number of nitriles is 1. The molecule has 5 nitrogen and oxygen atoms in total. The summed E-state index contributed by atoms with van der Waals surface area (Å²) in [5.74, 6) is -0.306. The van der Waals surface area contributed by atoms with Crippen molar-refractivity contribution in [2.75, 3.05) is 11.4 Å². The number of imidazole rings is 1. The molecule has 0 fully saturated rings. The number of carbonyl (C=O) groups is 1. The molecule has 1 amide bonds. The molecule has 1 aromatic heterocycles. The second-order valence-electron chi connectivity index (χ2n) is 6.99. The molecular formula is C23H21F3N4OS. The zero-order valence-electron chi connectivity index (χ0n) is 17.3. The zero-order valence-corrected chi connectivity index (χ0v) is 18.1. The number of para-hydroxylation sites is 1. The Bertz CT molecular complexity index is 1080. The van der Waals surface area contributed by atoms with Gasteiger partial charge in [0.25, 0.3) is 0 Å². The molecule has 0 spiro atoms. The van der Waals surface area contributed by atoms with E-state index in [1.165, 1.54) is 11.1 Å². The Kier molecular flexibility index (Phi) is 7.59. The van der Waals surface area contributed by atoms with Crippen LogP contribution in [0.2, 0.25) is 0 Å². The van der Waals surface area contributed by atoms with Crippen molar-refractivity contribution >= 4 is 23.4 Å². The Morgan fingerprint density at radius 1 is 1.16 bits per heavy atom. The largest absolute Gasteiger partial charge is 0.406 e. The molecule has 0 aliphatic heterocycles. The smallest absolute Gasteiger partial charge is 0.310 e. The Labute approximate surface area is 188 Å². The second-order valence-corrected chi connectivity index (χ2v) is 8.29. The van der Waals surface area contributed by atoms with Crippen molar-refractivity contribution in [1.29, 1.82) is 5.26 Å². The summed E-state index contributed by atoms with van der Waals surface area (Å²) in [5, 5.41) is 8.35. The van der Waals surface area contributed by atoms with Crippen LogP contribution >= 0.6 is 11.8 Å². The third-order valence-electron chi connectivity index (χ3n) is 4.64. The number of halogens is 3. The monoisotopic (exact) mass is 458 g/mol. The van der Waals surface area contributed by atoms with E-state index in [4.69, 9.17) is 5.26 Å².